The minimum Gasteiger partial charge on any atom is -0.380 e. The van der Waals surface area contributed by atoms with Gasteiger partial charge in [0.25, 0.3) is 16.1 Å². The Labute approximate surface area is 551 Å². The maximum atomic E-state index is 12.7. The molecule has 1 amide bonds. The largest absolute Gasteiger partial charge is 0.380 e. The molecule has 6 N–H and O–H groups in total. The summed E-state index contributed by atoms with van der Waals surface area (Å²) in [7, 11) is -6.65. The van der Waals surface area contributed by atoms with Crippen LogP contribution in [0.1, 0.15) is 55.6 Å². The van der Waals surface area contributed by atoms with E-state index in [0.29, 0.717) is 91.2 Å². The third kappa shape index (κ3) is 15.5. The zero-order valence-corrected chi connectivity index (χ0v) is 56.4. The maximum Gasteiger partial charge on any atom is 0.279 e. The number of hydrogen-bond acceptors (Lipinski definition) is 11. The second-order valence-electron chi connectivity index (χ2n) is 23.8. The first-order valence-corrected chi connectivity index (χ1v) is 36.8. The van der Waals surface area contributed by atoms with Crippen molar-refractivity contribution in [1.29, 1.82) is 0 Å². The van der Waals surface area contributed by atoms with Crippen LogP contribution in [0.3, 0.4) is 0 Å². The molecular weight excluding hydrogens is 1300 g/mol. The predicted molar refractivity (Wildman–Crippen MR) is 368 cm³/mol. The number of piperazine rings is 2. The molecule has 4 aliphatic heterocycles. The van der Waals surface area contributed by atoms with E-state index >= 15 is 0 Å². The fourth-order valence-electron chi connectivity index (χ4n) is 12.8. The lowest BCUT2D eigenvalue weighted by molar-refractivity contribution is -0.142. The molecule has 1 saturated carbocycles. The number of halogens is 4. The van der Waals surface area contributed by atoms with Crippen molar-refractivity contribution in [3.63, 3.8) is 0 Å². The predicted octanol–water partition coefficient (Wildman–Crippen LogP) is 10.6. The van der Waals surface area contributed by atoms with Gasteiger partial charge in [0.2, 0.25) is 20.0 Å². The van der Waals surface area contributed by atoms with Crippen LogP contribution in [0.5, 0.6) is 0 Å². The van der Waals surface area contributed by atoms with Crippen LogP contribution in [0.15, 0.2) is 128 Å². The van der Waals surface area contributed by atoms with E-state index in [-0.39, 0.29) is 17.7 Å². The van der Waals surface area contributed by atoms with Crippen molar-refractivity contribution in [1.82, 2.24) is 42.5 Å². The molecule has 91 heavy (non-hydrogen) atoms. The van der Waals surface area contributed by atoms with Gasteiger partial charge in [0.15, 0.2) is 0 Å². The lowest BCUT2D eigenvalue weighted by atomic mass is 9.88. The molecule has 5 aromatic carbocycles. The number of benzene rings is 5. The monoisotopic (exact) mass is 1380 g/mol. The Kier molecular flexibility index (Phi) is 20.3. The minimum atomic E-state index is -3.34. The Morgan fingerprint density at radius 1 is 0.549 bits per heavy atom. The number of H-pyrrole nitrogens is 4. The number of amides is 1. The molecule has 486 valence electrons. The molecule has 4 aromatic heterocycles. The topological polar surface area (TPSA) is 238 Å². The van der Waals surface area contributed by atoms with Gasteiger partial charge in [-0.2, -0.15) is 12.7 Å². The van der Waals surface area contributed by atoms with Crippen LogP contribution >= 0.6 is 46.4 Å². The average molecular weight is 1380 g/mol. The first kappa shape index (κ1) is 66.4. The Balaban J connectivity index is 0.000000125. The summed E-state index contributed by atoms with van der Waals surface area (Å²) in [6, 6.07) is 33.2. The highest BCUT2D eigenvalue weighted by atomic mass is 35.5. The van der Waals surface area contributed by atoms with Gasteiger partial charge in [0.05, 0.1) is 12.0 Å². The molecule has 14 rings (SSSR count). The van der Waals surface area contributed by atoms with Crippen molar-refractivity contribution < 1.29 is 35.2 Å². The van der Waals surface area contributed by atoms with Crippen molar-refractivity contribution in [3.8, 4) is 0 Å². The fourth-order valence-corrected chi connectivity index (χ4v) is 16.8. The molecular formula is C64H76Cl4N12O8S3. The number of aromatic amines is 4. The van der Waals surface area contributed by atoms with Gasteiger partial charge in [0.1, 0.15) is 5.60 Å². The Morgan fingerprint density at radius 3 is 1.41 bits per heavy atom. The summed E-state index contributed by atoms with van der Waals surface area (Å²) in [5, 5.41) is 17.3. The normalized spacial score (nSPS) is 18.1. The number of fused-ring (bicyclic) bond motifs is 4. The third-order valence-corrected chi connectivity index (χ3v) is 23.7. The van der Waals surface area contributed by atoms with Gasteiger partial charge in [-0.1, -0.05) is 76.7 Å². The van der Waals surface area contributed by atoms with E-state index in [1.165, 1.54) is 32.9 Å². The summed E-state index contributed by atoms with van der Waals surface area (Å²) in [6.07, 6.45) is 13.4. The van der Waals surface area contributed by atoms with E-state index in [2.05, 4.69) is 51.5 Å². The first-order chi connectivity index (χ1) is 43.5. The van der Waals surface area contributed by atoms with E-state index in [1.807, 2.05) is 116 Å². The number of carbonyl (C=O) groups is 1. The Hall–Kier alpha value is -6.06. The number of carbonyl (C=O) groups excluding carboxylic acids is 1. The maximum absolute atomic E-state index is 12.7. The summed E-state index contributed by atoms with van der Waals surface area (Å²) >= 11 is 24.8. The van der Waals surface area contributed by atoms with Gasteiger partial charge in [0, 0.05) is 204 Å². The van der Waals surface area contributed by atoms with Crippen LogP contribution in [0, 0.1) is 0 Å². The van der Waals surface area contributed by atoms with Gasteiger partial charge in [-0.3, -0.25) is 4.79 Å². The Morgan fingerprint density at radius 2 is 0.967 bits per heavy atom. The molecule has 0 spiro atoms. The first-order valence-electron chi connectivity index (χ1n) is 30.4. The van der Waals surface area contributed by atoms with Crippen LogP contribution < -0.4 is 19.4 Å². The van der Waals surface area contributed by atoms with Crippen LogP contribution in [0.4, 0.5) is 17.1 Å². The zero-order chi connectivity index (χ0) is 64.4. The number of nitrogens with one attached hydrogen (secondary N) is 5. The molecule has 0 radical (unpaired) electrons. The molecule has 0 bridgehead atoms. The van der Waals surface area contributed by atoms with E-state index < -0.39 is 35.9 Å². The highest BCUT2D eigenvalue weighted by molar-refractivity contribution is 7.88. The standard InChI is InChI=1S/C20H21ClN2O2S.C16H18ClN3O2.C15H20ClN3O2S.C13H17ClN4O2S/c21-17-12-19(18-6-9-22-20(18)13-17)16-7-10-23(11-8-16)26(24,25)14-15-4-2-1-3-5-15;17-11-9-13-12(1-4-18-13)14(10-11)19-5-7-20(8-6-19)15(21)16(22)2-3-16;1-18(22(2,20)21)12-4-7-19(8-5-12)15-10-11(16)9-14-13(15)3-6-17-14;1-15-21(19,20)18-6-4-17(5-7-18)13-9-10(14)8-12-11(13)2-3-16-12/h1-6,9,12-13,16,22H,7-8,10-11,14H2;1,4,9-10,18,22H,2-3,5-8H2;3,6,9-10,12,17H,4-5,7-8H2,1-2H3;2-3,8-9,15-16H,4-7H2,1H3. The smallest absolute Gasteiger partial charge is 0.279 e. The number of aromatic nitrogens is 4. The molecule has 9 aromatic rings. The van der Waals surface area contributed by atoms with Gasteiger partial charge >= 0.3 is 0 Å². The highest BCUT2D eigenvalue weighted by Gasteiger charge is 2.50. The van der Waals surface area contributed by atoms with Crippen LogP contribution in [-0.2, 0) is 40.8 Å². The fraction of sp³-hybridized carbons (Fsp3) is 0.391. The second kappa shape index (κ2) is 27.9. The van der Waals surface area contributed by atoms with E-state index in [1.54, 1.807) is 16.3 Å². The summed E-state index contributed by atoms with van der Waals surface area (Å²) < 4.78 is 79.3. The van der Waals surface area contributed by atoms with Crippen molar-refractivity contribution in [2.24, 2.45) is 0 Å². The SMILES string of the molecule is CN(C1CCN(c2cc(Cl)cc3[nH]ccc23)CC1)S(C)(=O)=O.CNS(=O)(=O)N1CCN(c2cc(Cl)cc3[nH]ccc23)CC1.O=C(N1CCN(c2cc(Cl)cc3[nH]ccc23)CC1)C1(O)CC1.O=S(=O)(Cc1ccccc1)N1CCC(c2cc(Cl)cc3[nH]ccc23)CC1. The molecule has 0 unspecified atom stereocenters. The van der Waals surface area contributed by atoms with E-state index in [4.69, 9.17) is 46.4 Å². The average Bonchev–Trinajstić information content (AvgIpc) is 2.18. The van der Waals surface area contributed by atoms with Crippen molar-refractivity contribution >= 4 is 143 Å². The molecule has 8 heterocycles. The molecule has 27 heteroatoms. The number of aliphatic hydroxyl groups is 1. The molecule has 20 nitrogen and oxygen atoms in total. The summed E-state index contributed by atoms with van der Waals surface area (Å²) in [5.41, 5.74) is 8.31. The number of sulfonamides is 2. The van der Waals surface area contributed by atoms with Crippen molar-refractivity contribution in [3.05, 3.63) is 159 Å². The van der Waals surface area contributed by atoms with E-state index in [9.17, 15) is 35.2 Å². The van der Waals surface area contributed by atoms with Gasteiger partial charge in [-0.05, 0) is 128 Å². The zero-order valence-electron chi connectivity index (χ0n) is 50.9. The lowest BCUT2D eigenvalue weighted by Gasteiger charge is -2.37. The molecule has 0 atom stereocenters. The van der Waals surface area contributed by atoms with Crippen LogP contribution in [-0.4, -0.2) is 185 Å². The lowest BCUT2D eigenvalue weighted by Crippen LogP contribution is -2.52. The quantitative estimate of drug-likeness (QED) is 0.0673. The van der Waals surface area contributed by atoms with Crippen LogP contribution in [0.25, 0.3) is 43.6 Å². The van der Waals surface area contributed by atoms with Crippen molar-refractivity contribution in [2.75, 3.05) is 114 Å². The summed E-state index contributed by atoms with van der Waals surface area (Å²) in [4.78, 5) is 33.4. The second-order valence-corrected chi connectivity index (χ2v) is 31.5. The number of piperidine rings is 2. The number of anilines is 3. The Bertz CT molecular complexity index is 4380. The molecule has 4 saturated heterocycles. The van der Waals surface area contributed by atoms with Crippen LogP contribution in [0.2, 0.25) is 20.1 Å². The summed E-state index contributed by atoms with van der Waals surface area (Å²) in [5.74, 6) is 0.290. The van der Waals surface area contributed by atoms with Gasteiger partial charge in [-0.15, -0.1) is 0 Å². The van der Waals surface area contributed by atoms with Gasteiger partial charge in [-0.25, -0.2) is 30.2 Å². The van der Waals surface area contributed by atoms with Gasteiger partial charge < -0.3 is 44.6 Å². The number of nitrogens with zero attached hydrogens (tertiary/aromatic N) is 7. The highest BCUT2D eigenvalue weighted by Crippen LogP contribution is 2.40. The third-order valence-electron chi connectivity index (χ3n) is 18.0. The number of rotatable bonds is 12. The van der Waals surface area contributed by atoms with Crippen molar-refractivity contribution in [2.45, 2.75) is 61.8 Å². The molecule has 1 aliphatic carbocycles. The molecule has 5 aliphatic rings. The number of hydrogen-bond donors (Lipinski definition) is 6. The van der Waals surface area contributed by atoms with E-state index in [0.717, 1.165) is 113 Å². The molecule has 5 fully saturated rings. The summed E-state index contributed by atoms with van der Waals surface area (Å²) in [6.45, 7) is 7.74. The minimum absolute atomic E-state index is 0.0672.